The van der Waals surface area contributed by atoms with Crippen LogP contribution in [0.5, 0.6) is 0 Å². The summed E-state index contributed by atoms with van der Waals surface area (Å²) in [5, 5.41) is 0. The number of carbonyl (C=O) groups is 1. The van der Waals surface area contributed by atoms with Gasteiger partial charge in [-0.05, 0) is 45.7 Å². The minimum absolute atomic E-state index is 0.177. The molecule has 0 radical (unpaired) electrons. The standard InChI is InChI=1S/C17H25N3O2/c1-12-7-14(9-18-8-12)19-10-13-5-6-20(15(13)11-19)16(21)22-17(2,3)4/h7-9,13,15H,5-6,10-11H2,1-4H3/t13-,15+/m1/s1. The van der Waals surface area contributed by atoms with Crippen LogP contribution in [0, 0.1) is 12.8 Å². The van der Waals surface area contributed by atoms with Gasteiger partial charge in [-0.3, -0.25) is 4.98 Å². The number of ether oxygens (including phenoxy) is 1. The van der Waals surface area contributed by atoms with Gasteiger partial charge in [0.05, 0.1) is 17.9 Å². The van der Waals surface area contributed by atoms with Crippen molar-refractivity contribution in [3.8, 4) is 0 Å². The molecule has 120 valence electrons. The van der Waals surface area contributed by atoms with Crippen LogP contribution in [0.3, 0.4) is 0 Å². The summed E-state index contributed by atoms with van der Waals surface area (Å²) in [5.74, 6) is 0.535. The SMILES string of the molecule is Cc1cncc(N2C[C@H]3CCN(C(=O)OC(C)(C)C)[C@H]3C2)c1. The summed E-state index contributed by atoms with van der Waals surface area (Å²) in [5.41, 5.74) is 1.88. The summed E-state index contributed by atoms with van der Waals surface area (Å²) >= 11 is 0. The van der Waals surface area contributed by atoms with Gasteiger partial charge in [-0.2, -0.15) is 0 Å². The van der Waals surface area contributed by atoms with Crippen LogP contribution in [-0.2, 0) is 4.74 Å². The van der Waals surface area contributed by atoms with Gasteiger partial charge < -0.3 is 14.5 Å². The minimum atomic E-state index is -0.437. The minimum Gasteiger partial charge on any atom is -0.444 e. The number of fused-ring (bicyclic) bond motifs is 1. The average Bonchev–Trinajstić information content (AvgIpc) is 2.95. The van der Waals surface area contributed by atoms with Gasteiger partial charge >= 0.3 is 6.09 Å². The van der Waals surface area contributed by atoms with Crippen molar-refractivity contribution < 1.29 is 9.53 Å². The Bertz CT molecular complexity index is 567. The quantitative estimate of drug-likeness (QED) is 0.800. The molecule has 2 fully saturated rings. The van der Waals surface area contributed by atoms with Gasteiger partial charge in [-0.25, -0.2) is 4.79 Å². The lowest BCUT2D eigenvalue weighted by Gasteiger charge is -2.29. The highest BCUT2D eigenvalue weighted by atomic mass is 16.6. The fraction of sp³-hybridized carbons (Fsp3) is 0.647. The summed E-state index contributed by atoms with van der Waals surface area (Å²) in [6, 6.07) is 2.42. The lowest BCUT2D eigenvalue weighted by molar-refractivity contribution is 0.0229. The van der Waals surface area contributed by atoms with E-state index in [1.165, 1.54) is 5.56 Å². The molecule has 0 spiro atoms. The Hall–Kier alpha value is -1.78. The molecule has 2 saturated heterocycles. The van der Waals surface area contributed by atoms with E-state index in [1.807, 2.05) is 38.1 Å². The fourth-order valence-corrected chi connectivity index (χ4v) is 3.43. The summed E-state index contributed by atoms with van der Waals surface area (Å²) in [4.78, 5) is 20.9. The second-order valence-electron chi connectivity index (χ2n) is 7.42. The molecule has 1 aromatic rings. The number of likely N-dealkylation sites (tertiary alicyclic amines) is 1. The summed E-state index contributed by atoms with van der Waals surface area (Å²) in [7, 11) is 0. The molecule has 1 amide bonds. The van der Waals surface area contributed by atoms with Gasteiger partial charge in [0.2, 0.25) is 0 Å². The normalized spacial score (nSPS) is 24.5. The van der Waals surface area contributed by atoms with Gasteiger partial charge in [-0.1, -0.05) is 0 Å². The smallest absolute Gasteiger partial charge is 0.410 e. The Kier molecular flexibility index (Phi) is 3.75. The van der Waals surface area contributed by atoms with Crippen molar-refractivity contribution in [2.45, 2.75) is 45.8 Å². The Morgan fingerprint density at radius 2 is 2.09 bits per heavy atom. The van der Waals surface area contributed by atoms with Crippen molar-refractivity contribution in [2.75, 3.05) is 24.5 Å². The first kappa shape index (κ1) is 15.1. The maximum absolute atomic E-state index is 12.4. The molecule has 0 aromatic carbocycles. The molecule has 0 unspecified atom stereocenters. The topological polar surface area (TPSA) is 45.7 Å². The number of aryl methyl sites for hydroxylation is 1. The summed E-state index contributed by atoms with van der Waals surface area (Å²) < 4.78 is 5.55. The number of anilines is 1. The Balaban J connectivity index is 1.70. The second kappa shape index (κ2) is 5.45. The third-order valence-corrected chi connectivity index (χ3v) is 4.40. The van der Waals surface area contributed by atoms with E-state index in [1.54, 1.807) is 0 Å². The number of pyridine rings is 1. The predicted octanol–water partition coefficient (Wildman–Crippen LogP) is 2.84. The molecule has 0 N–H and O–H groups in total. The molecule has 2 aliphatic heterocycles. The van der Waals surface area contributed by atoms with Crippen LogP contribution in [-0.4, -0.2) is 47.3 Å². The molecule has 5 heteroatoms. The number of rotatable bonds is 1. The van der Waals surface area contributed by atoms with E-state index in [9.17, 15) is 4.79 Å². The van der Waals surface area contributed by atoms with Gasteiger partial charge in [0, 0.05) is 31.7 Å². The van der Waals surface area contributed by atoms with Crippen LogP contribution in [0.2, 0.25) is 0 Å². The molecular weight excluding hydrogens is 278 g/mol. The van der Waals surface area contributed by atoms with Crippen LogP contribution < -0.4 is 4.90 Å². The maximum Gasteiger partial charge on any atom is 0.410 e. The van der Waals surface area contributed by atoms with Crippen molar-refractivity contribution in [3.63, 3.8) is 0 Å². The van der Waals surface area contributed by atoms with Crippen molar-refractivity contribution in [2.24, 2.45) is 5.92 Å². The molecule has 0 saturated carbocycles. The van der Waals surface area contributed by atoms with Gasteiger partial charge in [-0.15, -0.1) is 0 Å². The molecular formula is C17H25N3O2. The van der Waals surface area contributed by atoms with Crippen LogP contribution in [0.15, 0.2) is 18.5 Å². The van der Waals surface area contributed by atoms with E-state index >= 15 is 0 Å². The zero-order chi connectivity index (χ0) is 15.9. The first-order valence-corrected chi connectivity index (χ1v) is 8.00. The molecule has 2 atom stereocenters. The molecule has 0 aliphatic carbocycles. The first-order chi connectivity index (χ1) is 10.3. The molecule has 3 rings (SSSR count). The Morgan fingerprint density at radius 3 is 2.77 bits per heavy atom. The van der Waals surface area contributed by atoms with E-state index in [-0.39, 0.29) is 12.1 Å². The second-order valence-corrected chi connectivity index (χ2v) is 7.42. The zero-order valence-corrected chi connectivity index (χ0v) is 13.9. The first-order valence-electron chi connectivity index (χ1n) is 8.00. The molecule has 5 nitrogen and oxygen atoms in total. The van der Waals surface area contributed by atoms with Gasteiger partial charge in [0.25, 0.3) is 0 Å². The molecule has 0 bridgehead atoms. The predicted molar refractivity (Wildman–Crippen MR) is 86.0 cm³/mol. The Morgan fingerprint density at radius 1 is 1.32 bits per heavy atom. The van der Waals surface area contributed by atoms with Crippen LogP contribution in [0.25, 0.3) is 0 Å². The highest BCUT2D eigenvalue weighted by Gasteiger charge is 2.44. The van der Waals surface area contributed by atoms with E-state index in [0.717, 1.165) is 31.7 Å². The lowest BCUT2D eigenvalue weighted by atomic mass is 10.1. The van der Waals surface area contributed by atoms with Crippen molar-refractivity contribution in [1.29, 1.82) is 0 Å². The van der Waals surface area contributed by atoms with Crippen molar-refractivity contribution in [1.82, 2.24) is 9.88 Å². The lowest BCUT2D eigenvalue weighted by Crippen LogP contribution is -2.42. The van der Waals surface area contributed by atoms with Crippen molar-refractivity contribution in [3.05, 3.63) is 24.0 Å². The average molecular weight is 303 g/mol. The summed E-state index contributed by atoms with van der Waals surface area (Å²) in [6.07, 6.45) is 4.66. The molecule has 3 heterocycles. The largest absolute Gasteiger partial charge is 0.444 e. The number of aromatic nitrogens is 1. The van der Waals surface area contributed by atoms with Crippen molar-refractivity contribution >= 4 is 11.8 Å². The highest BCUT2D eigenvalue weighted by Crippen LogP contribution is 2.34. The number of hydrogen-bond donors (Lipinski definition) is 0. The van der Waals surface area contributed by atoms with E-state index in [2.05, 4.69) is 22.9 Å². The number of nitrogens with zero attached hydrogens (tertiary/aromatic N) is 3. The van der Waals surface area contributed by atoms with Gasteiger partial charge in [0.1, 0.15) is 5.60 Å². The third kappa shape index (κ3) is 3.03. The van der Waals surface area contributed by atoms with Crippen LogP contribution in [0.1, 0.15) is 32.8 Å². The third-order valence-electron chi connectivity index (χ3n) is 4.40. The maximum atomic E-state index is 12.4. The number of carbonyl (C=O) groups excluding carboxylic acids is 1. The number of hydrogen-bond acceptors (Lipinski definition) is 4. The van der Waals surface area contributed by atoms with E-state index in [4.69, 9.17) is 4.74 Å². The molecule has 2 aliphatic rings. The fourth-order valence-electron chi connectivity index (χ4n) is 3.43. The highest BCUT2D eigenvalue weighted by molar-refractivity contribution is 5.69. The van der Waals surface area contributed by atoms with Crippen LogP contribution >= 0.6 is 0 Å². The Labute approximate surface area is 132 Å². The molecule has 22 heavy (non-hydrogen) atoms. The summed E-state index contributed by atoms with van der Waals surface area (Å²) in [6.45, 7) is 10.5. The zero-order valence-electron chi connectivity index (χ0n) is 13.9. The van der Waals surface area contributed by atoms with Gasteiger partial charge in [0.15, 0.2) is 0 Å². The monoisotopic (exact) mass is 303 g/mol. The van der Waals surface area contributed by atoms with Crippen LogP contribution in [0.4, 0.5) is 10.5 Å². The number of amides is 1. The van der Waals surface area contributed by atoms with E-state index < -0.39 is 5.60 Å². The molecule has 1 aromatic heterocycles. The van der Waals surface area contributed by atoms with E-state index in [0.29, 0.717) is 5.92 Å².